The van der Waals surface area contributed by atoms with Crippen LogP contribution in [-0.2, 0) is 6.42 Å². The molecule has 0 saturated carbocycles. The average molecular weight is 266 g/mol. The number of nitrogens with zero attached hydrogens (tertiary/aromatic N) is 1. The Hall–Kier alpha value is -1.68. The summed E-state index contributed by atoms with van der Waals surface area (Å²) in [6.45, 7) is 2.00. The molecule has 1 aromatic heterocycles. The number of halogens is 1. The van der Waals surface area contributed by atoms with Crippen molar-refractivity contribution < 1.29 is 4.74 Å². The van der Waals surface area contributed by atoms with Gasteiger partial charge >= 0.3 is 0 Å². The van der Waals surface area contributed by atoms with Crippen LogP contribution in [0.2, 0.25) is 5.02 Å². The molecule has 0 radical (unpaired) electrons. The fraction of sp³-hybridized carbons (Fsp3) is 0.308. The first-order valence-electron chi connectivity index (χ1n) is 5.69. The molecule has 0 aliphatic heterocycles. The van der Waals surface area contributed by atoms with Gasteiger partial charge < -0.3 is 15.0 Å². The number of anilines is 1. The molecule has 4 nitrogen and oxygen atoms in total. The van der Waals surface area contributed by atoms with Crippen LogP contribution in [0.1, 0.15) is 17.0 Å². The zero-order chi connectivity index (χ0) is 13.1. The van der Waals surface area contributed by atoms with Gasteiger partial charge in [0, 0.05) is 29.7 Å². The molecule has 0 fully saturated rings. The quantitative estimate of drug-likeness (QED) is 0.893. The number of H-pyrrole nitrogens is 1. The van der Waals surface area contributed by atoms with Crippen LogP contribution in [-0.4, -0.2) is 24.1 Å². The lowest BCUT2D eigenvalue weighted by atomic mass is 10.1. The molecule has 2 aromatic rings. The van der Waals surface area contributed by atoms with Gasteiger partial charge in [-0.2, -0.15) is 0 Å². The van der Waals surface area contributed by atoms with Gasteiger partial charge in [0.15, 0.2) is 5.95 Å². The van der Waals surface area contributed by atoms with Crippen molar-refractivity contribution in [3.8, 4) is 5.75 Å². The van der Waals surface area contributed by atoms with E-state index < -0.39 is 0 Å². The van der Waals surface area contributed by atoms with E-state index in [0.717, 1.165) is 28.6 Å². The number of rotatable bonds is 4. The minimum Gasteiger partial charge on any atom is -0.496 e. The second kappa shape index (κ2) is 5.31. The zero-order valence-corrected chi connectivity index (χ0v) is 11.4. The molecule has 0 amide bonds. The van der Waals surface area contributed by atoms with E-state index in [0.29, 0.717) is 11.4 Å². The Morgan fingerprint density at radius 2 is 2.22 bits per heavy atom. The first-order chi connectivity index (χ1) is 8.63. The third kappa shape index (κ3) is 2.59. The zero-order valence-electron chi connectivity index (χ0n) is 10.7. The highest BCUT2D eigenvalue weighted by molar-refractivity contribution is 6.30. The molecular weight excluding hydrogens is 250 g/mol. The van der Waals surface area contributed by atoms with Gasteiger partial charge in [-0.05, 0) is 25.1 Å². The fourth-order valence-electron chi connectivity index (χ4n) is 1.85. The van der Waals surface area contributed by atoms with E-state index in [1.807, 2.05) is 32.2 Å². The molecule has 5 heteroatoms. The second-order valence-electron chi connectivity index (χ2n) is 4.04. The topological polar surface area (TPSA) is 49.9 Å². The summed E-state index contributed by atoms with van der Waals surface area (Å²) in [5.74, 6) is 1.59. The number of benzene rings is 1. The van der Waals surface area contributed by atoms with Crippen molar-refractivity contribution in [1.82, 2.24) is 9.97 Å². The third-order valence-corrected chi connectivity index (χ3v) is 3.06. The monoisotopic (exact) mass is 265 g/mol. The van der Waals surface area contributed by atoms with Crippen molar-refractivity contribution >= 4 is 17.5 Å². The molecule has 18 heavy (non-hydrogen) atoms. The first kappa shape index (κ1) is 12.8. The molecular formula is C13H16ClN3O. The standard InChI is InChI=1S/C13H16ClN3O/c1-8-11(17-13(15-2)16-8)7-9-6-10(14)4-5-12(9)18-3/h4-6H,7H2,1-3H3,(H2,15,16,17). The van der Waals surface area contributed by atoms with Crippen LogP contribution in [0.5, 0.6) is 5.75 Å². The lowest BCUT2D eigenvalue weighted by Gasteiger charge is -2.08. The maximum Gasteiger partial charge on any atom is 0.200 e. The smallest absolute Gasteiger partial charge is 0.200 e. The normalized spacial score (nSPS) is 10.4. The molecule has 0 aliphatic rings. The van der Waals surface area contributed by atoms with Gasteiger partial charge in [-0.15, -0.1) is 0 Å². The summed E-state index contributed by atoms with van der Waals surface area (Å²) in [5, 5.41) is 3.69. The van der Waals surface area contributed by atoms with Gasteiger partial charge in [0.25, 0.3) is 0 Å². The van der Waals surface area contributed by atoms with Gasteiger partial charge in [-0.3, -0.25) is 0 Å². The largest absolute Gasteiger partial charge is 0.496 e. The fourth-order valence-corrected chi connectivity index (χ4v) is 2.05. The number of aromatic nitrogens is 2. The Bertz CT molecular complexity index is 551. The molecule has 0 saturated heterocycles. The number of aromatic amines is 1. The number of nitrogens with one attached hydrogen (secondary N) is 2. The lowest BCUT2D eigenvalue weighted by molar-refractivity contribution is 0.410. The number of imidazole rings is 1. The van der Waals surface area contributed by atoms with Crippen LogP contribution in [0, 0.1) is 6.92 Å². The molecule has 2 rings (SSSR count). The summed E-state index contributed by atoms with van der Waals surface area (Å²) < 4.78 is 5.33. The van der Waals surface area contributed by atoms with Crippen LogP contribution in [0.4, 0.5) is 5.95 Å². The average Bonchev–Trinajstić information content (AvgIpc) is 2.71. The molecule has 2 N–H and O–H groups in total. The van der Waals surface area contributed by atoms with Crippen molar-refractivity contribution in [3.05, 3.63) is 40.2 Å². The van der Waals surface area contributed by atoms with Gasteiger partial charge in [-0.25, -0.2) is 4.98 Å². The van der Waals surface area contributed by atoms with Crippen LogP contribution in [0.15, 0.2) is 18.2 Å². The number of hydrogen-bond acceptors (Lipinski definition) is 3. The summed E-state index contributed by atoms with van der Waals surface area (Å²) in [6.07, 6.45) is 0.688. The van der Waals surface area contributed by atoms with Crippen molar-refractivity contribution in [1.29, 1.82) is 0 Å². The highest BCUT2D eigenvalue weighted by Crippen LogP contribution is 2.25. The molecule has 0 bridgehead atoms. The number of aryl methyl sites for hydroxylation is 1. The van der Waals surface area contributed by atoms with Crippen LogP contribution in [0.25, 0.3) is 0 Å². The van der Waals surface area contributed by atoms with Gasteiger partial charge in [0.2, 0.25) is 0 Å². The number of methoxy groups -OCH3 is 1. The van der Waals surface area contributed by atoms with E-state index in [-0.39, 0.29) is 0 Å². The van der Waals surface area contributed by atoms with Crippen LogP contribution < -0.4 is 10.1 Å². The molecule has 0 aliphatic carbocycles. The molecule has 1 heterocycles. The predicted molar refractivity (Wildman–Crippen MR) is 73.7 cm³/mol. The van der Waals surface area contributed by atoms with Crippen molar-refractivity contribution in [2.24, 2.45) is 0 Å². The van der Waals surface area contributed by atoms with Crippen LogP contribution in [0.3, 0.4) is 0 Å². The second-order valence-corrected chi connectivity index (χ2v) is 4.48. The Balaban J connectivity index is 2.32. The number of ether oxygens (including phenoxy) is 1. The van der Waals surface area contributed by atoms with E-state index in [1.165, 1.54) is 0 Å². The summed E-state index contributed by atoms with van der Waals surface area (Å²) in [7, 11) is 3.49. The Kier molecular flexibility index (Phi) is 3.77. The van der Waals surface area contributed by atoms with E-state index in [4.69, 9.17) is 16.3 Å². The third-order valence-electron chi connectivity index (χ3n) is 2.82. The summed E-state index contributed by atoms with van der Waals surface area (Å²) in [5.41, 5.74) is 3.06. The SMILES string of the molecule is CNc1nc(Cc2cc(Cl)ccc2OC)c(C)[nH]1. The van der Waals surface area contributed by atoms with E-state index in [2.05, 4.69) is 15.3 Å². The summed E-state index contributed by atoms with van der Waals surface area (Å²) >= 11 is 6.02. The molecule has 0 atom stereocenters. The molecule has 0 spiro atoms. The lowest BCUT2D eigenvalue weighted by Crippen LogP contribution is -1.96. The highest BCUT2D eigenvalue weighted by atomic mass is 35.5. The maximum atomic E-state index is 6.02. The Morgan fingerprint density at radius 1 is 1.44 bits per heavy atom. The molecule has 0 unspecified atom stereocenters. The van der Waals surface area contributed by atoms with E-state index in [9.17, 15) is 0 Å². The number of hydrogen-bond donors (Lipinski definition) is 2. The highest BCUT2D eigenvalue weighted by Gasteiger charge is 2.10. The minimum absolute atomic E-state index is 0.688. The first-order valence-corrected chi connectivity index (χ1v) is 6.07. The Labute approximate surface area is 111 Å². The summed E-state index contributed by atoms with van der Waals surface area (Å²) in [4.78, 5) is 7.63. The van der Waals surface area contributed by atoms with E-state index in [1.54, 1.807) is 7.11 Å². The molecule has 1 aromatic carbocycles. The van der Waals surface area contributed by atoms with E-state index >= 15 is 0 Å². The van der Waals surface area contributed by atoms with Crippen LogP contribution >= 0.6 is 11.6 Å². The van der Waals surface area contributed by atoms with Crippen molar-refractivity contribution in [2.45, 2.75) is 13.3 Å². The molecule has 96 valence electrons. The van der Waals surface area contributed by atoms with Crippen molar-refractivity contribution in [2.75, 3.05) is 19.5 Å². The minimum atomic E-state index is 0.688. The van der Waals surface area contributed by atoms with Crippen molar-refractivity contribution in [3.63, 3.8) is 0 Å². The maximum absolute atomic E-state index is 6.02. The predicted octanol–water partition coefficient (Wildman–Crippen LogP) is 3.01. The van der Waals surface area contributed by atoms with Gasteiger partial charge in [-0.1, -0.05) is 11.6 Å². The van der Waals surface area contributed by atoms with Gasteiger partial charge in [0.05, 0.1) is 12.8 Å². The van der Waals surface area contributed by atoms with Gasteiger partial charge in [0.1, 0.15) is 5.75 Å². The summed E-state index contributed by atoms with van der Waals surface area (Å²) in [6, 6.07) is 5.60. The Morgan fingerprint density at radius 3 is 2.83 bits per heavy atom.